The Bertz CT molecular complexity index is 305. The molecule has 0 aliphatic heterocycles. The van der Waals surface area contributed by atoms with E-state index in [1.807, 2.05) is 0 Å². The SMILES string of the molecule is CCC(=O)CC(NC(=O)OC(C)(C)C)C(=O)O. The molecule has 0 bridgehead atoms. The lowest BCUT2D eigenvalue weighted by Crippen LogP contribution is -2.44. The summed E-state index contributed by atoms with van der Waals surface area (Å²) in [5, 5.41) is 11.0. The van der Waals surface area contributed by atoms with Gasteiger partial charge >= 0.3 is 12.1 Å². The van der Waals surface area contributed by atoms with Crippen LogP contribution in [0.1, 0.15) is 40.5 Å². The molecule has 0 fully saturated rings. The second-order valence-electron chi connectivity index (χ2n) is 4.63. The van der Waals surface area contributed by atoms with E-state index < -0.39 is 23.7 Å². The molecule has 0 aliphatic carbocycles. The number of hydrogen-bond donors (Lipinski definition) is 2. The Hall–Kier alpha value is -1.59. The summed E-state index contributed by atoms with van der Waals surface area (Å²) >= 11 is 0. The first-order valence-corrected chi connectivity index (χ1v) is 5.39. The van der Waals surface area contributed by atoms with Gasteiger partial charge in [-0.3, -0.25) is 4.79 Å². The number of carbonyl (C=O) groups excluding carboxylic acids is 2. The molecule has 0 aromatic rings. The van der Waals surface area contributed by atoms with Gasteiger partial charge in [0.1, 0.15) is 17.4 Å². The van der Waals surface area contributed by atoms with Crippen molar-refractivity contribution in [3.05, 3.63) is 0 Å². The van der Waals surface area contributed by atoms with E-state index >= 15 is 0 Å². The molecule has 2 N–H and O–H groups in total. The standard InChI is InChI=1S/C11H19NO5/c1-5-7(13)6-8(9(14)15)12-10(16)17-11(2,3)4/h8H,5-6H2,1-4H3,(H,12,16)(H,14,15). The fraction of sp³-hybridized carbons (Fsp3) is 0.727. The smallest absolute Gasteiger partial charge is 0.408 e. The molecular weight excluding hydrogens is 226 g/mol. The number of ether oxygens (including phenoxy) is 1. The molecule has 98 valence electrons. The topological polar surface area (TPSA) is 92.7 Å². The van der Waals surface area contributed by atoms with Gasteiger partial charge < -0.3 is 15.2 Å². The summed E-state index contributed by atoms with van der Waals surface area (Å²) in [6.45, 7) is 6.63. The Morgan fingerprint density at radius 3 is 2.18 bits per heavy atom. The lowest BCUT2D eigenvalue weighted by Gasteiger charge is -2.21. The van der Waals surface area contributed by atoms with E-state index in [9.17, 15) is 14.4 Å². The van der Waals surface area contributed by atoms with Crippen LogP contribution in [0.5, 0.6) is 0 Å². The van der Waals surface area contributed by atoms with Crippen LogP contribution in [0, 0.1) is 0 Å². The molecule has 1 atom stereocenters. The van der Waals surface area contributed by atoms with Crippen molar-refractivity contribution in [1.82, 2.24) is 5.32 Å². The molecule has 0 aliphatic rings. The summed E-state index contributed by atoms with van der Waals surface area (Å²) in [5.41, 5.74) is -0.706. The molecule has 0 heterocycles. The molecule has 0 spiro atoms. The van der Waals surface area contributed by atoms with E-state index in [4.69, 9.17) is 9.84 Å². The highest BCUT2D eigenvalue weighted by Gasteiger charge is 2.25. The average Bonchev–Trinajstić information content (AvgIpc) is 2.13. The monoisotopic (exact) mass is 245 g/mol. The van der Waals surface area contributed by atoms with Crippen LogP contribution in [0.3, 0.4) is 0 Å². The van der Waals surface area contributed by atoms with E-state index in [-0.39, 0.29) is 18.6 Å². The predicted octanol–water partition coefficient (Wildman–Crippen LogP) is 1.33. The van der Waals surface area contributed by atoms with Crippen molar-refractivity contribution >= 4 is 17.8 Å². The van der Waals surface area contributed by atoms with Crippen molar-refractivity contribution in [3.8, 4) is 0 Å². The van der Waals surface area contributed by atoms with Gasteiger partial charge in [-0.05, 0) is 20.8 Å². The highest BCUT2D eigenvalue weighted by Crippen LogP contribution is 2.07. The molecule has 0 saturated carbocycles. The number of carbonyl (C=O) groups is 3. The molecule has 1 unspecified atom stereocenters. The lowest BCUT2D eigenvalue weighted by atomic mass is 10.1. The molecule has 6 nitrogen and oxygen atoms in total. The number of ketones is 1. The van der Waals surface area contributed by atoms with Crippen molar-refractivity contribution < 1.29 is 24.2 Å². The second-order valence-corrected chi connectivity index (χ2v) is 4.63. The van der Waals surface area contributed by atoms with Crippen molar-refractivity contribution in [2.45, 2.75) is 52.2 Å². The summed E-state index contributed by atoms with van der Waals surface area (Å²) in [7, 11) is 0. The molecule has 0 rings (SSSR count). The van der Waals surface area contributed by atoms with Crippen LogP contribution in [0.2, 0.25) is 0 Å². The van der Waals surface area contributed by atoms with Gasteiger partial charge in [-0.25, -0.2) is 9.59 Å². The van der Waals surface area contributed by atoms with Gasteiger partial charge in [0.2, 0.25) is 0 Å². The third kappa shape index (κ3) is 7.32. The summed E-state index contributed by atoms with van der Waals surface area (Å²) in [6, 6.07) is -1.24. The van der Waals surface area contributed by atoms with Gasteiger partial charge in [0.25, 0.3) is 0 Å². The minimum absolute atomic E-state index is 0.228. The maximum absolute atomic E-state index is 11.3. The summed E-state index contributed by atoms with van der Waals surface area (Å²) in [4.78, 5) is 33.3. The number of carboxylic acid groups (broad SMARTS) is 1. The highest BCUT2D eigenvalue weighted by atomic mass is 16.6. The lowest BCUT2D eigenvalue weighted by molar-refractivity contribution is -0.141. The molecule has 0 radical (unpaired) electrons. The largest absolute Gasteiger partial charge is 0.480 e. The van der Waals surface area contributed by atoms with E-state index in [2.05, 4.69) is 5.32 Å². The Balaban J connectivity index is 4.41. The zero-order valence-corrected chi connectivity index (χ0v) is 10.6. The van der Waals surface area contributed by atoms with Crippen LogP contribution in [0.15, 0.2) is 0 Å². The Labute approximate surface area is 100 Å². The van der Waals surface area contributed by atoms with Gasteiger partial charge in [-0.1, -0.05) is 6.92 Å². The van der Waals surface area contributed by atoms with Crippen LogP contribution in [0.4, 0.5) is 4.79 Å². The molecule has 0 aromatic heterocycles. The van der Waals surface area contributed by atoms with Gasteiger partial charge in [0.05, 0.1) is 0 Å². The highest BCUT2D eigenvalue weighted by molar-refractivity contribution is 5.87. The van der Waals surface area contributed by atoms with E-state index in [0.29, 0.717) is 0 Å². The average molecular weight is 245 g/mol. The summed E-state index contributed by atoms with van der Waals surface area (Å²) in [6.07, 6.45) is -0.834. The first kappa shape index (κ1) is 15.4. The number of carboxylic acids is 1. The Morgan fingerprint density at radius 2 is 1.82 bits per heavy atom. The minimum Gasteiger partial charge on any atom is -0.480 e. The Kier molecular flexibility index (Phi) is 5.64. The van der Waals surface area contributed by atoms with Crippen molar-refractivity contribution in [2.75, 3.05) is 0 Å². The third-order valence-corrected chi connectivity index (χ3v) is 1.82. The molecule has 1 amide bonds. The maximum atomic E-state index is 11.3. The number of rotatable bonds is 5. The number of nitrogens with one attached hydrogen (secondary N) is 1. The van der Waals surface area contributed by atoms with Crippen LogP contribution in [0.25, 0.3) is 0 Å². The van der Waals surface area contributed by atoms with Gasteiger partial charge in [-0.15, -0.1) is 0 Å². The van der Waals surface area contributed by atoms with Gasteiger partial charge in [0, 0.05) is 12.8 Å². The maximum Gasteiger partial charge on any atom is 0.408 e. The van der Waals surface area contributed by atoms with Gasteiger partial charge in [-0.2, -0.15) is 0 Å². The minimum atomic E-state index is -1.25. The van der Waals surface area contributed by atoms with Crippen LogP contribution < -0.4 is 5.32 Å². The number of Topliss-reactive ketones (excluding diaryl/α,β-unsaturated/α-hetero) is 1. The fourth-order valence-electron chi connectivity index (χ4n) is 1.02. The Morgan fingerprint density at radius 1 is 1.29 bits per heavy atom. The number of hydrogen-bond acceptors (Lipinski definition) is 4. The normalized spacial score (nSPS) is 12.7. The number of amides is 1. The van der Waals surface area contributed by atoms with Crippen LogP contribution in [-0.4, -0.2) is 34.6 Å². The quantitative estimate of drug-likeness (QED) is 0.762. The zero-order chi connectivity index (χ0) is 13.6. The summed E-state index contributed by atoms with van der Waals surface area (Å²) in [5.74, 6) is -1.48. The van der Waals surface area contributed by atoms with Crippen molar-refractivity contribution in [3.63, 3.8) is 0 Å². The van der Waals surface area contributed by atoms with E-state index in [0.717, 1.165) is 0 Å². The predicted molar refractivity (Wildman–Crippen MR) is 60.7 cm³/mol. The molecule has 17 heavy (non-hydrogen) atoms. The molecule has 6 heteroatoms. The van der Waals surface area contributed by atoms with Crippen LogP contribution >= 0.6 is 0 Å². The molecule has 0 aromatic carbocycles. The fourth-order valence-corrected chi connectivity index (χ4v) is 1.02. The van der Waals surface area contributed by atoms with Gasteiger partial charge in [0.15, 0.2) is 0 Å². The van der Waals surface area contributed by atoms with E-state index in [1.165, 1.54) is 0 Å². The molecular formula is C11H19NO5. The van der Waals surface area contributed by atoms with E-state index in [1.54, 1.807) is 27.7 Å². The second kappa shape index (κ2) is 6.22. The first-order chi connectivity index (χ1) is 7.65. The first-order valence-electron chi connectivity index (χ1n) is 5.39. The summed E-state index contributed by atoms with van der Waals surface area (Å²) < 4.78 is 4.91. The molecule has 0 saturated heterocycles. The number of alkyl carbamates (subject to hydrolysis) is 1. The third-order valence-electron chi connectivity index (χ3n) is 1.82. The van der Waals surface area contributed by atoms with Crippen molar-refractivity contribution in [1.29, 1.82) is 0 Å². The zero-order valence-electron chi connectivity index (χ0n) is 10.6. The number of aliphatic carboxylic acids is 1. The van der Waals surface area contributed by atoms with Crippen molar-refractivity contribution in [2.24, 2.45) is 0 Å². The van der Waals surface area contributed by atoms with Crippen LogP contribution in [-0.2, 0) is 14.3 Å².